The molecule has 19 heteroatoms. The minimum Gasteiger partial charge on any atom is -0.477 e. The zero-order valence-electron chi connectivity index (χ0n) is 49.2. The number of amides is 2. The molecule has 3 fully saturated rings. The van der Waals surface area contributed by atoms with Crippen molar-refractivity contribution in [2.24, 2.45) is 0 Å². The zero-order valence-corrected chi connectivity index (χ0v) is 49.2. The van der Waals surface area contributed by atoms with Gasteiger partial charge in [0.15, 0.2) is 11.6 Å². The van der Waals surface area contributed by atoms with Crippen LogP contribution in [0.3, 0.4) is 0 Å². The molecule has 0 aliphatic carbocycles. The summed E-state index contributed by atoms with van der Waals surface area (Å²) in [5.41, 5.74) is 18.1. The third kappa shape index (κ3) is 16.1. The molecule has 3 aromatic heterocycles. The fraction of sp³-hybridized carbons (Fsp3) is 0.333. The Bertz CT molecular complexity index is 3730. The summed E-state index contributed by atoms with van der Waals surface area (Å²) in [5, 5.41) is 18.1. The number of carbonyl (C=O) groups excluding carboxylic acids is 4. The number of rotatable bonds is 10. The number of piperazine rings is 3. The number of aromatic carboxylic acids is 1. The molecule has 3 aliphatic heterocycles. The number of nitrogens with zero attached hydrogens (tertiary/aromatic N) is 8. The summed E-state index contributed by atoms with van der Waals surface area (Å²) in [6.07, 6.45) is 5.08. The van der Waals surface area contributed by atoms with Crippen molar-refractivity contribution < 1.29 is 38.6 Å². The van der Waals surface area contributed by atoms with Gasteiger partial charge in [-0.15, -0.1) is 0 Å². The minimum atomic E-state index is -1.03. The second-order valence-electron chi connectivity index (χ2n) is 23.4. The summed E-state index contributed by atoms with van der Waals surface area (Å²) in [7, 11) is 0. The van der Waals surface area contributed by atoms with Crippen molar-refractivity contribution in [1.82, 2.24) is 30.1 Å². The normalized spacial score (nSPS) is 14.7. The van der Waals surface area contributed by atoms with E-state index in [1.54, 1.807) is 40.5 Å². The van der Waals surface area contributed by atoms with E-state index in [0.717, 1.165) is 94.1 Å². The van der Waals surface area contributed by atoms with E-state index in [1.165, 1.54) is 5.69 Å². The number of fused-ring (bicyclic) bond motifs is 3. The molecule has 0 bridgehead atoms. The fourth-order valence-electron chi connectivity index (χ4n) is 10.2. The summed E-state index contributed by atoms with van der Waals surface area (Å²) in [4.78, 5) is 83.9. The number of anilines is 5. The van der Waals surface area contributed by atoms with Gasteiger partial charge < -0.3 is 55.9 Å². The number of hydrogen-bond acceptors (Lipinski definition) is 16. The fourth-order valence-corrected chi connectivity index (χ4v) is 10.2. The van der Waals surface area contributed by atoms with E-state index in [2.05, 4.69) is 65.3 Å². The Balaban J connectivity index is 0.000000154. The molecule has 85 heavy (non-hydrogen) atoms. The van der Waals surface area contributed by atoms with Crippen molar-refractivity contribution in [3.63, 3.8) is 0 Å². The molecule has 6 N–H and O–H groups in total. The van der Waals surface area contributed by atoms with E-state index in [4.69, 9.17) is 26.0 Å². The number of carboxylic acid groups (broad SMARTS) is 1. The summed E-state index contributed by atoms with van der Waals surface area (Å²) < 4.78 is 10.9. The number of ketones is 2. The number of nitrogen functional groups attached to an aromatic ring is 2. The van der Waals surface area contributed by atoms with Crippen molar-refractivity contribution in [3.8, 4) is 0 Å². The molecule has 3 aliphatic rings. The van der Waals surface area contributed by atoms with Crippen molar-refractivity contribution in [2.45, 2.75) is 65.6 Å². The maximum atomic E-state index is 12.7. The summed E-state index contributed by atoms with van der Waals surface area (Å²) >= 11 is 0. The van der Waals surface area contributed by atoms with Gasteiger partial charge in [0, 0.05) is 155 Å². The number of nitrogens with two attached hydrogens (primary N) is 2. The van der Waals surface area contributed by atoms with E-state index < -0.39 is 17.2 Å². The Morgan fingerprint density at radius 1 is 0.459 bits per heavy atom. The lowest BCUT2D eigenvalue weighted by Gasteiger charge is -2.36. The number of pyridine rings is 3. The molecule has 2 amide bonds. The second-order valence-corrected chi connectivity index (χ2v) is 23.4. The average Bonchev–Trinajstić information content (AvgIpc) is 3.70. The standard InChI is InChI=1S/C26H30N4O3.C21H22N4O.C19H23N3O4/c1-26(2,3)33-25(32)30-12-10-29(11-13-30)21-9-8-18-15-23(28-17-20(18)14-21)24(31)16-19-6-4-5-7-22(19)27;22-19-4-2-1-3-16(19)13-21(26)20-12-15-5-6-18(11-17(15)14-24-20)25-9-7-23-8-10-25;1-19(2,3)26-18(25)22-8-6-21(7-9-22)15-5-4-13-11-16(17(23)24)20-12-14(13)10-15/h4-9,14-15,17H,10-13,16,27H2,1-3H3;1-6,11-12,14,23H,7-10,13,22H2;4-5,10-12H,6-9H2,1-3H3,(H,23,24). The predicted molar refractivity (Wildman–Crippen MR) is 335 cm³/mol. The third-order valence-electron chi connectivity index (χ3n) is 14.8. The monoisotopic (exact) mass is 1150 g/mol. The maximum Gasteiger partial charge on any atom is 0.410 e. The third-order valence-corrected chi connectivity index (χ3v) is 14.8. The van der Waals surface area contributed by atoms with Crippen LogP contribution in [0, 0.1) is 0 Å². The van der Waals surface area contributed by atoms with Gasteiger partial charge in [0.05, 0.1) is 0 Å². The Labute approximate surface area is 495 Å². The highest BCUT2D eigenvalue weighted by Gasteiger charge is 2.28. The number of benzene rings is 5. The Kier molecular flexibility index (Phi) is 18.8. The number of para-hydroxylation sites is 2. The van der Waals surface area contributed by atoms with E-state index in [0.29, 0.717) is 62.0 Å². The van der Waals surface area contributed by atoms with Crippen LogP contribution in [0.25, 0.3) is 32.3 Å². The van der Waals surface area contributed by atoms with Crippen LogP contribution in [-0.4, -0.2) is 149 Å². The first-order valence-corrected chi connectivity index (χ1v) is 28.7. The first-order chi connectivity index (χ1) is 40.6. The first kappa shape index (κ1) is 60.2. The molecule has 11 rings (SSSR count). The first-order valence-electron chi connectivity index (χ1n) is 28.7. The van der Waals surface area contributed by atoms with E-state index in [-0.39, 0.29) is 42.3 Å². The van der Waals surface area contributed by atoms with Gasteiger partial charge in [-0.3, -0.25) is 19.6 Å². The Morgan fingerprint density at radius 2 is 0.800 bits per heavy atom. The molecule has 8 aromatic rings. The van der Waals surface area contributed by atoms with Crippen molar-refractivity contribution >= 4 is 90.5 Å². The highest BCUT2D eigenvalue weighted by atomic mass is 16.6. The molecule has 0 saturated carbocycles. The van der Waals surface area contributed by atoms with Gasteiger partial charge in [-0.1, -0.05) is 54.6 Å². The molecule has 3 saturated heterocycles. The van der Waals surface area contributed by atoms with Crippen molar-refractivity contribution in [3.05, 3.63) is 168 Å². The molecular formula is C66H75N11O8. The highest BCUT2D eigenvalue weighted by Crippen LogP contribution is 2.28. The number of hydrogen-bond donors (Lipinski definition) is 4. The van der Waals surface area contributed by atoms with Crippen LogP contribution in [0.5, 0.6) is 0 Å². The van der Waals surface area contributed by atoms with Gasteiger partial charge in [0.1, 0.15) is 28.3 Å². The topological polar surface area (TPSA) is 243 Å². The number of carbonyl (C=O) groups is 5. The molecule has 19 nitrogen and oxygen atoms in total. The van der Waals surface area contributed by atoms with Gasteiger partial charge in [0.2, 0.25) is 0 Å². The van der Waals surface area contributed by atoms with Gasteiger partial charge in [0.25, 0.3) is 0 Å². The molecule has 0 unspecified atom stereocenters. The summed E-state index contributed by atoms with van der Waals surface area (Å²) in [6.45, 7) is 20.5. The molecular weight excluding hydrogens is 1070 g/mol. The lowest BCUT2D eigenvalue weighted by Crippen LogP contribution is -2.50. The maximum absolute atomic E-state index is 12.7. The van der Waals surface area contributed by atoms with Crippen LogP contribution in [-0.2, 0) is 22.3 Å². The van der Waals surface area contributed by atoms with Crippen LogP contribution in [0.2, 0.25) is 0 Å². The lowest BCUT2D eigenvalue weighted by molar-refractivity contribution is 0.0230. The van der Waals surface area contributed by atoms with Crippen LogP contribution in [0.1, 0.15) is 84.1 Å². The SMILES string of the molecule is CC(C)(C)OC(=O)N1CCN(c2ccc3cc(C(=O)Cc4ccccc4N)ncc3c2)CC1.CC(C)(C)OC(=O)N1CCN(c2ccc3cc(C(=O)O)ncc3c2)CC1.Nc1ccccc1CC(=O)c1cc2ccc(N3CCNCC3)cc2cn1. The minimum absolute atomic E-state index is 0.0176. The summed E-state index contributed by atoms with van der Waals surface area (Å²) in [5.74, 6) is -1.11. The Morgan fingerprint density at radius 3 is 1.15 bits per heavy atom. The van der Waals surface area contributed by atoms with Crippen LogP contribution in [0.15, 0.2) is 140 Å². The highest BCUT2D eigenvalue weighted by molar-refractivity contribution is 6.01. The number of carboxylic acids is 1. The molecule has 0 atom stereocenters. The van der Waals surface area contributed by atoms with Crippen molar-refractivity contribution in [2.75, 3.05) is 105 Å². The van der Waals surface area contributed by atoms with Gasteiger partial charge in [-0.25, -0.2) is 19.4 Å². The van der Waals surface area contributed by atoms with E-state index in [9.17, 15) is 24.0 Å². The molecule has 5 aromatic carbocycles. The molecule has 6 heterocycles. The van der Waals surface area contributed by atoms with Gasteiger partial charge >= 0.3 is 18.2 Å². The second kappa shape index (κ2) is 26.5. The largest absolute Gasteiger partial charge is 0.477 e. The quantitative estimate of drug-likeness (QED) is 0.0735. The number of ether oxygens (including phenoxy) is 2. The van der Waals surface area contributed by atoms with Crippen molar-refractivity contribution in [1.29, 1.82) is 0 Å². The van der Waals surface area contributed by atoms with E-state index in [1.807, 2.05) is 120 Å². The van der Waals surface area contributed by atoms with Crippen LogP contribution >= 0.6 is 0 Å². The molecule has 0 spiro atoms. The molecule has 0 radical (unpaired) electrons. The zero-order chi connectivity index (χ0) is 60.4. The average molecular weight is 1150 g/mol. The lowest BCUT2D eigenvalue weighted by atomic mass is 10.0. The number of aromatic nitrogens is 3. The predicted octanol–water partition coefficient (Wildman–Crippen LogP) is 9.94. The van der Waals surface area contributed by atoms with Gasteiger partial charge in [-0.2, -0.15) is 0 Å². The number of Topliss-reactive ketones (excluding diaryl/α,β-unsaturated/α-hetero) is 2. The number of nitrogens with one attached hydrogen (secondary N) is 1. The molecule has 442 valence electrons. The van der Waals surface area contributed by atoms with Crippen LogP contribution < -0.4 is 31.5 Å². The smallest absolute Gasteiger partial charge is 0.410 e. The van der Waals surface area contributed by atoms with E-state index >= 15 is 0 Å². The summed E-state index contributed by atoms with van der Waals surface area (Å²) in [6, 6.07) is 38.5. The van der Waals surface area contributed by atoms with Gasteiger partial charge in [-0.05, 0) is 136 Å². The Hall–Kier alpha value is -9.36. The van der Waals surface area contributed by atoms with Crippen LogP contribution in [0.4, 0.5) is 38.0 Å².